The van der Waals surface area contributed by atoms with Gasteiger partial charge >= 0.3 is 12.2 Å². The minimum atomic E-state index is -4.48. The van der Waals surface area contributed by atoms with E-state index in [9.17, 15) is 32.7 Å². The van der Waals surface area contributed by atoms with E-state index in [4.69, 9.17) is 9.47 Å². The first kappa shape index (κ1) is 38.4. The van der Waals surface area contributed by atoms with Gasteiger partial charge < -0.3 is 35.0 Å². The molecule has 3 aromatic carbocycles. The van der Waals surface area contributed by atoms with Gasteiger partial charge in [0, 0.05) is 50.2 Å². The quantitative estimate of drug-likeness (QED) is 0.231. The third kappa shape index (κ3) is 10.8. The predicted octanol–water partition coefficient (Wildman–Crippen LogP) is 7.08. The summed E-state index contributed by atoms with van der Waals surface area (Å²) in [5.74, 6) is -1.39. The number of hydrogen-bond acceptors (Lipinski definition) is 6. The lowest BCUT2D eigenvalue weighted by Crippen LogP contribution is -2.48. The Kier molecular flexibility index (Phi) is 13.5. The van der Waals surface area contributed by atoms with Crippen molar-refractivity contribution in [2.24, 2.45) is 5.92 Å². The minimum Gasteiger partial charge on any atom is -0.490 e. The molecule has 3 aromatic rings. The fourth-order valence-corrected chi connectivity index (χ4v) is 5.84. The van der Waals surface area contributed by atoms with E-state index < -0.39 is 43.0 Å². The molecular weight excluding hydrogens is 653 g/mol. The highest BCUT2D eigenvalue weighted by Gasteiger charge is 2.32. The van der Waals surface area contributed by atoms with Gasteiger partial charge in [-0.3, -0.25) is 9.59 Å². The summed E-state index contributed by atoms with van der Waals surface area (Å²) in [6.45, 7) is 5.91. The largest absolute Gasteiger partial charge is 0.490 e. The van der Waals surface area contributed by atoms with E-state index in [0.717, 1.165) is 23.6 Å². The van der Waals surface area contributed by atoms with Crippen LogP contribution in [0.2, 0.25) is 0 Å². The van der Waals surface area contributed by atoms with Gasteiger partial charge in [0.1, 0.15) is 5.75 Å². The van der Waals surface area contributed by atoms with Crippen molar-refractivity contribution in [3.63, 3.8) is 0 Å². The summed E-state index contributed by atoms with van der Waals surface area (Å²) in [7, 11) is 1.68. The number of amides is 4. The second kappa shape index (κ2) is 17.5. The van der Waals surface area contributed by atoms with Crippen LogP contribution in [0.5, 0.6) is 5.75 Å². The summed E-state index contributed by atoms with van der Waals surface area (Å²) in [5.41, 5.74) is 0.921. The maximum Gasteiger partial charge on any atom is 0.389 e. The van der Waals surface area contributed by atoms with Gasteiger partial charge in [-0.05, 0) is 62.8 Å². The van der Waals surface area contributed by atoms with Crippen molar-refractivity contribution < 1.29 is 42.1 Å². The number of fused-ring (bicyclic) bond motifs is 2. The van der Waals surface area contributed by atoms with Crippen LogP contribution in [0.3, 0.4) is 0 Å². The number of nitrogens with zero attached hydrogens (tertiary/aromatic N) is 2. The summed E-state index contributed by atoms with van der Waals surface area (Å²) in [6.07, 6.45) is -5.14. The number of alkyl halides is 3. The lowest BCUT2D eigenvalue weighted by molar-refractivity contribution is -0.142. The Morgan fingerprint density at radius 3 is 2.54 bits per heavy atom. The number of aliphatic hydroxyl groups is 1. The fourth-order valence-electron chi connectivity index (χ4n) is 5.84. The molecule has 3 N–H and O–H groups in total. The number of carbonyl (C=O) groups is 3. The first-order valence-electron chi connectivity index (χ1n) is 17.0. The SMILES string of the molecule is C[C@@H]1CN([C@@H](C)CO)C(=O)c2cc(NC(=O)CCC(F)(F)F)ccc2O[C@@H](C)CCCCO[C@@H]1CN(C)C(=O)Nc1cccc2ccccc12. The number of likely N-dealkylation sites (N-methyl/N-ethyl adjacent to an activating group) is 1. The molecule has 0 aromatic heterocycles. The molecule has 0 unspecified atom stereocenters. The molecule has 0 fully saturated rings. The molecule has 1 aliphatic heterocycles. The summed E-state index contributed by atoms with van der Waals surface area (Å²) < 4.78 is 50.6. The summed E-state index contributed by atoms with van der Waals surface area (Å²) in [4.78, 5) is 43.0. The van der Waals surface area contributed by atoms with Crippen molar-refractivity contribution in [3.8, 4) is 5.75 Å². The Hall–Kier alpha value is -4.36. The van der Waals surface area contributed by atoms with Crippen molar-refractivity contribution in [2.75, 3.05) is 44.0 Å². The number of rotatable bonds is 8. The van der Waals surface area contributed by atoms with Gasteiger partial charge in [0.05, 0.1) is 42.5 Å². The van der Waals surface area contributed by atoms with Crippen molar-refractivity contribution >= 4 is 40.0 Å². The van der Waals surface area contributed by atoms with E-state index in [1.807, 2.05) is 56.3 Å². The van der Waals surface area contributed by atoms with Crippen LogP contribution in [0.4, 0.5) is 29.3 Å². The monoisotopic (exact) mass is 700 g/mol. The molecule has 4 amide bonds. The molecular formula is C37H47F3N4O6. The van der Waals surface area contributed by atoms with E-state index in [1.54, 1.807) is 18.9 Å². The molecule has 0 aliphatic carbocycles. The highest BCUT2D eigenvalue weighted by molar-refractivity contribution is 6.02. The zero-order chi connectivity index (χ0) is 36.4. The maximum atomic E-state index is 14.3. The van der Waals surface area contributed by atoms with Gasteiger partial charge in [0.25, 0.3) is 5.91 Å². The third-order valence-corrected chi connectivity index (χ3v) is 8.80. The van der Waals surface area contributed by atoms with Gasteiger partial charge in [-0.1, -0.05) is 43.3 Å². The van der Waals surface area contributed by atoms with Crippen LogP contribution in [-0.2, 0) is 9.53 Å². The maximum absolute atomic E-state index is 14.3. The standard InChI is InChI=1S/C37H47F3N4O6/c1-24-21-44(25(2)23-45)35(47)30-20-28(41-34(46)17-18-37(38,39)40)15-16-32(30)50-26(3)10-7-8-19-49-33(24)22-43(4)36(48)42-31-14-9-12-27-11-5-6-13-29(27)31/h5-6,9,11-16,20,24-26,33,45H,7-8,10,17-19,21-23H2,1-4H3,(H,41,46)(H,42,48)/t24-,25+,26+,33-/m1/s1. The third-order valence-electron chi connectivity index (χ3n) is 8.80. The highest BCUT2D eigenvalue weighted by atomic mass is 19.4. The van der Waals surface area contributed by atoms with Crippen LogP contribution >= 0.6 is 0 Å². The summed E-state index contributed by atoms with van der Waals surface area (Å²) in [6, 6.07) is 16.9. The molecule has 50 heavy (non-hydrogen) atoms. The van der Waals surface area contributed by atoms with Crippen molar-refractivity contribution in [3.05, 3.63) is 66.2 Å². The molecule has 13 heteroatoms. The summed E-state index contributed by atoms with van der Waals surface area (Å²) >= 11 is 0. The lowest BCUT2D eigenvalue weighted by atomic mass is 10.0. The van der Waals surface area contributed by atoms with E-state index in [0.29, 0.717) is 18.7 Å². The fraction of sp³-hybridized carbons (Fsp3) is 0.486. The molecule has 4 atom stereocenters. The molecule has 1 aliphatic rings. The second-order valence-electron chi connectivity index (χ2n) is 13.0. The van der Waals surface area contributed by atoms with Crippen molar-refractivity contribution in [1.82, 2.24) is 9.80 Å². The number of benzene rings is 3. The number of aliphatic hydroxyl groups excluding tert-OH is 1. The molecule has 1 heterocycles. The van der Waals surface area contributed by atoms with Crippen LogP contribution in [0.25, 0.3) is 10.8 Å². The Labute approximate surface area is 290 Å². The van der Waals surface area contributed by atoms with Crippen LogP contribution < -0.4 is 15.4 Å². The number of urea groups is 1. The smallest absolute Gasteiger partial charge is 0.389 e. The predicted molar refractivity (Wildman–Crippen MR) is 186 cm³/mol. The molecule has 0 spiro atoms. The van der Waals surface area contributed by atoms with Crippen LogP contribution in [-0.4, -0.2) is 90.5 Å². The molecule has 0 saturated carbocycles. The number of hydrogen-bond donors (Lipinski definition) is 3. The number of carbonyl (C=O) groups excluding carboxylic acids is 3. The Morgan fingerprint density at radius 1 is 1.06 bits per heavy atom. The lowest BCUT2D eigenvalue weighted by Gasteiger charge is -2.35. The average molecular weight is 701 g/mol. The summed E-state index contributed by atoms with van der Waals surface area (Å²) in [5, 5.41) is 17.5. The van der Waals surface area contributed by atoms with Gasteiger partial charge in [0.15, 0.2) is 0 Å². The average Bonchev–Trinajstić information content (AvgIpc) is 3.08. The topological polar surface area (TPSA) is 120 Å². The van der Waals surface area contributed by atoms with E-state index in [2.05, 4.69) is 10.6 Å². The van der Waals surface area contributed by atoms with Gasteiger partial charge in [0.2, 0.25) is 5.91 Å². The Balaban J connectivity index is 1.57. The number of anilines is 2. The molecule has 0 saturated heterocycles. The Morgan fingerprint density at radius 2 is 1.80 bits per heavy atom. The Bertz CT molecular complexity index is 1610. The molecule has 272 valence electrons. The number of ether oxygens (including phenoxy) is 2. The molecule has 0 bridgehead atoms. The molecule has 10 nitrogen and oxygen atoms in total. The number of halogens is 3. The zero-order valence-electron chi connectivity index (χ0n) is 29.0. The van der Waals surface area contributed by atoms with E-state index in [1.165, 1.54) is 23.1 Å². The zero-order valence-corrected chi connectivity index (χ0v) is 29.0. The molecule has 4 rings (SSSR count). The van der Waals surface area contributed by atoms with Gasteiger partial charge in [-0.25, -0.2) is 4.79 Å². The van der Waals surface area contributed by atoms with Crippen LogP contribution in [0.15, 0.2) is 60.7 Å². The van der Waals surface area contributed by atoms with E-state index in [-0.39, 0.29) is 54.7 Å². The van der Waals surface area contributed by atoms with Crippen molar-refractivity contribution in [2.45, 2.75) is 77.3 Å². The highest BCUT2D eigenvalue weighted by Crippen LogP contribution is 2.29. The normalized spacial score (nSPS) is 19.9. The van der Waals surface area contributed by atoms with Crippen molar-refractivity contribution in [1.29, 1.82) is 0 Å². The first-order valence-corrected chi connectivity index (χ1v) is 17.0. The minimum absolute atomic E-state index is 0.0964. The first-order chi connectivity index (χ1) is 23.8. The van der Waals surface area contributed by atoms with E-state index >= 15 is 0 Å². The van der Waals surface area contributed by atoms with Gasteiger partial charge in [-0.2, -0.15) is 13.2 Å². The van der Waals surface area contributed by atoms with Crippen LogP contribution in [0.1, 0.15) is 63.2 Å². The number of nitrogens with one attached hydrogen (secondary N) is 2. The van der Waals surface area contributed by atoms with Gasteiger partial charge in [-0.15, -0.1) is 0 Å². The molecule has 0 radical (unpaired) electrons. The second-order valence-corrected chi connectivity index (χ2v) is 13.0. The van der Waals surface area contributed by atoms with Crippen LogP contribution in [0, 0.1) is 5.92 Å².